The van der Waals surface area contributed by atoms with Crippen molar-refractivity contribution in [3.8, 4) is 0 Å². The molecule has 0 radical (unpaired) electrons. The van der Waals surface area contributed by atoms with Gasteiger partial charge >= 0.3 is 0 Å². The van der Waals surface area contributed by atoms with Crippen molar-refractivity contribution in [2.45, 2.75) is 51.5 Å². The van der Waals surface area contributed by atoms with Crippen molar-refractivity contribution in [3.05, 3.63) is 34.9 Å². The van der Waals surface area contributed by atoms with Crippen LogP contribution in [-0.2, 0) is 6.42 Å². The van der Waals surface area contributed by atoms with Crippen molar-refractivity contribution in [3.63, 3.8) is 0 Å². The largest absolute Gasteiger partial charge is 0.327 e. The van der Waals surface area contributed by atoms with Gasteiger partial charge in [0.2, 0.25) is 0 Å². The van der Waals surface area contributed by atoms with Crippen molar-refractivity contribution in [1.29, 1.82) is 0 Å². The van der Waals surface area contributed by atoms with E-state index in [9.17, 15) is 0 Å². The molecule has 0 aromatic heterocycles. The van der Waals surface area contributed by atoms with E-state index in [1.54, 1.807) is 0 Å². The van der Waals surface area contributed by atoms with Crippen LogP contribution >= 0.6 is 11.6 Å². The maximum atomic E-state index is 6.42. The summed E-state index contributed by atoms with van der Waals surface area (Å²) in [5.41, 5.74) is 8.05. The van der Waals surface area contributed by atoms with Gasteiger partial charge in [-0.2, -0.15) is 0 Å². The fraction of sp³-hybridized carbons (Fsp3) is 0.600. The van der Waals surface area contributed by atoms with Crippen molar-refractivity contribution in [2.75, 3.05) is 0 Å². The van der Waals surface area contributed by atoms with Gasteiger partial charge in [0.1, 0.15) is 0 Å². The maximum Gasteiger partial charge on any atom is 0.0406 e. The molecule has 2 heteroatoms. The summed E-state index contributed by atoms with van der Waals surface area (Å²) in [6.07, 6.45) is 7.58. The minimum absolute atomic E-state index is 0.268. The lowest BCUT2D eigenvalue weighted by Crippen LogP contribution is -2.42. The number of hydrogen-bond donors (Lipinski definition) is 1. The topological polar surface area (TPSA) is 26.0 Å². The Kier molecular flexibility index (Phi) is 4.11. The van der Waals surface area contributed by atoms with Crippen molar-refractivity contribution >= 4 is 11.6 Å². The molecule has 0 spiro atoms. The van der Waals surface area contributed by atoms with Gasteiger partial charge in [0.15, 0.2) is 0 Å². The average Bonchev–Trinajstić information content (AvgIpc) is 2.33. The second-order valence-corrected chi connectivity index (χ2v) is 6.09. The van der Waals surface area contributed by atoms with E-state index >= 15 is 0 Å². The van der Waals surface area contributed by atoms with E-state index in [-0.39, 0.29) is 6.04 Å². The Bertz CT molecular complexity index is 352. The molecule has 1 aromatic rings. The second kappa shape index (κ2) is 5.41. The molecule has 1 atom stereocenters. The molecule has 2 rings (SSSR count). The van der Waals surface area contributed by atoms with Crippen LogP contribution in [0, 0.1) is 5.41 Å². The fourth-order valence-corrected chi connectivity index (χ4v) is 2.98. The minimum Gasteiger partial charge on any atom is -0.327 e. The zero-order chi connectivity index (χ0) is 12.3. The summed E-state index contributed by atoms with van der Waals surface area (Å²) in [7, 11) is 0. The smallest absolute Gasteiger partial charge is 0.0406 e. The Labute approximate surface area is 109 Å². The van der Waals surface area contributed by atoms with Gasteiger partial charge in [-0.15, -0.1) is 0 Å². The summed E-state index contributed by atoms with van der Waals surface area (Å²) in [6.45, 7) is 2.35. The van der Waals surface area contributed by atoms with E-state index in [4.69, 9.17) is 17.3 Å². The summed E-state index contributed by atoms with van der Waals surface area (Å²) >= 11 is 5.89. The maximum absolute atomic E-state index is 6.42. The standard InChI is InChI=1S/C15H22ClN/c1-15(9-3-2-4-10-15)14(17)11-12-5-7-13(16)8-6-12/h5-8,14H,2-4,9-11,17H2,1H3. The van der Waals surface area contributed by atoms with E-state index in [1.165, 1.54) is 37.7 Å². The first-order chi connectivity index (χ1) is 8.10. The van der Waals surface area contributed by atoms with E-state index in [2.05, 4.69) is 19.1 Å². The molecule has 1 saturated carbocycles. The van der Waals surface area contributed by atoms with Crippen LogP contribution < -0.4 is 5.73 Å². The molecule has 0 saturated heterocycles. The SMILES string of the molecule is CC1(C(N)Cc2ccc(Cl)cc2)CCCCC1. The van der Waals surface area contributed by atoms with E-state index < -0.39 is 0 Å². The molecular formula is C15H22ClN. The van der Waals surface area contributed by atoms with Gasteiger partial charge in [0.05, 0.1) is 0 Å². The van der Waals surface area contributed by atoms with E-state index in [0.717, 1.165) is 11.4 Å². The third-order valence-electron chi connectivity index (χ3n) is 4.26. The highest BCUT2D eigenvalue weighted by atomic mass is 35.5. The van der Waals surface area contributed by atoms with Crippen molar-refractivity contribution < 1.29 is 0 Å². The highest BCUT2D eigenvalue weighted by molar-refractivity contribution is 6.30. The Morgan fingerprint density at radius 2 is 1.76 bits per heavy atom. The Hall–Kier alpha value is -0.530. The van der Waals surface area contributed by atoms with Gasteiger partial charge in [-0.3, -0.25) is 0 Å². The monoisotopic (exact) mass is 251 g/mol. The predicted octanol–water partition coefficient (Wildman–Crippen LogP) is 4.18. The Morgan fingerprint density at radius 1 is 1.18 bits per heavy atom. The molecule has 1 unspecified atom stereocenters. The van der Waals surface area contributed by atoms with Gasteiger partial charge < -0.3 is 5.73 Å². The highest BCUT2D eigenvalue weighted by Gasteiger charge is 2.32. The first-order valence-electron chi connectivity index (χ1n) is 6.60. The van der Waals surface area contributed by atoms with Crippen molar-refractivity contribution in [1.82, 2.24) is 0 Å². The number of benzene rings is 1. The van der Waals surface area contributed by atoms with Crippen LogP contribution in [0.2, 0.25) is 5.02 Å². The van der Waals surface area contributed by atoms with Crippen LogP contribution in [0.25, 0.3) is 0 Å². The second-order valence-electron chi connectivity index (χ2n) is 5.65. The fourth-order valence-electron chi connectivity index (χ4n) is 2.85. The molecule has 1 fully saturated rings. The molecule has 1 nitrogen and oxygen atoms in total. The van der Waals surface area contributed by atoms with Crippen LogP contribution in [0.4, 0.5) is 0 Å². The molecule has 1 aliphatic carbocycles. The first-order valence-corrected chi connectivity index (χ1v) is 6.98. The first kappa shape index (κ1) is 12.9. The third kappa shape index (κ3) is 3.23. The van der Waals surface area contributed by atoms with Crippen LogP contribution in [0.3, 0.4) is 0 Å². The average molecular weight is 252 g/mol. The van der Waals surface area contributed by atoms with Crippen LogP contribution in [0.5, 0.6) is 0 Å². The third-order valence-corrected chi connectivity index (χ3v) is 4.51. The van der Waals surface area contributed by atoms with Gasteiger partial charge in [0, 0.05) is 11.1 Å². The summed E-state index contributed by atoms with van der Waals surface area (Å²) in [4.78, 5) is 0. The number of rotatable bonds is 3. The normalized spacial score (nSPS) is 21.1. The number of halogens is 1. The lowest BCUT2D eigenvalue weighted by Gasteiger charge is -2.39. The zero-order valence-corrected chi connectivity index (χ0v) is 11.3. The molecule has 2 N–H and O–H groups in total. The minimum atomic E-state index is 0.268. The lowest BCUT2D eigenvalue weighted by atomic mass is 9.69. The van der Waals surface area contributed by atoms with E-state index in [1.807, 2.05) is 12.1 Å². The molecule has 1 aliphatic rings. The van der Waals surface area contributed by atoms with Gasteiger partial charge in [0.25, 0.3) is 0 Å². The summed E-state index contributed by atoms with van der Waals surface area (Å²) in [5.74, 6) is 0. The molecule has 94 valence electrons. The Balaban J connectivity index is 2.00. The molecule has 1 aromatic carbocycles. The van der Waals surface area contributed by atoms with Crippen LogP contribution in [0.1, 0.15) is 44.6 Å². The molecule has 17 heavy (non-hydrogen) atoms. The summed E-state index contributed by atoms with van der Waals surface area (Å²) in [6, 6.07) is 8.35. The highest BCUT2D eigenvalue weighted by Crippen LogP contribution is 2.38. The molecule has 0 bridgehead atoms. The van der Waals surface area contributed by atoms with Gasteiger partial charge in [-0.1, -0.05) is 49.9 Å². The molecule has 0 aliphatic heterocycles. The lowest BCUT2D eigenvalue weighted by molar-refractivity contribution is 0.169. The van der Waals surface area contributed by atoms with E-state index in [0.29, 0.717) is 5.41 Å². The van der Waals surface area contributed by atoms with Gasteiger partial charge in [-0.25, -0.2) is 0 Å². The summed E-state index contributed by atoms with van der Waals surface area (Å²) < 4.78 is 0. The predicted molar refractivity (Wildman–Crippen MR) is 74.3 cm³/mol. The molecular weight excluding hydrogens is 230 g/mol. The number of nitrogens with two attached hydrogens (primary N) is 1. The summed E-state index contributed by atoms with van der Waals surface area (Å²) in [5, 5.41) is 0.797. The number of hydrogen-bond acceptors (Lipinski definition) is 1. The molecule has 0 amide bonds. The van der Waals surface area contributed by atoms with Gasteiger partial charge in [-0.05, 0) is 42.4 Å². The quantitative estimate of drug-likeness (QED) is 0.857. The van der Waals surface area contributed by atoms with Crippen LogP contribution in [0.15, 0.2) is 24.3 Å². The molecule has 0 heterocycles. The zero-order valence-electron chi connectivity index (χ0n) is 10.6. The van der Waals surface area contributed by atoms with Crippen LogP contribution in [-0.4, -0.2) is 6.04 Å². The van der Waals surface area contributed by atoms with Crippen molar-refractivity contribution in [2.24, 2.45) is 11.1 Å². The Morgan fingerprint density at radius 3 is 2.35 bits per heavy atom.